The quantitative estimate of drug-likeness (QED) is 0.686. The smallest absolute Gasteiger partial charge is 0.266 e. The van der Waals surface area contributed by atoms with Crippen LogP contribution in [-0.4, -0.2) is 19.6 Å². The summed E-state index contributed by atoms with van der Waals surface area (Å²) in [6.45, 7) is 0.317. The standard InChI is InChI=1S/C20H16N2O3/c1-24-18-8-6-17(7-9-18)22-20(23)16(12-21)11-14-10-15-4-2-3-5-19(15)25-13-14/h2-11H,13H2,1H3,(H,22,23)/b16-11-. The lowest BCUT2D eigenvalue weighted by Gasteiger charge is -2.16. The molecule has 0 fully saturated rings. The third-order valence-corrected chi connectivity index (χ3v) is 3.70. The fraction of sp³-hybridized carbons (Fsp3) is 0.100. The van der Waals surface area contributed by atoms with Gasteiger partial charge < -0.3 is 14.8 Å². The van der Waals surface area contributed by atoms with Gasteiger partial charge in [0, 0.05) is 11.3 Å². The average molecular weight is 332 g/mol. The Kier molecular flexibility index (Phi) is 4.82. The van der Waals surface area contributed by atoms with Gasteiger partial charge in [0.15, 0.2) is 0 Å². The van der Waals surface area contributed by atoms with Crippen molar-refractivity contribution in [2.75, 3.05) is 19.0 Å². The van der Waals surface area contributed by atoms with Crippen LogP contribution >= 0.6 is 0 Å². The van der Waals surface area contributed by atoms with Crippen LogP contribution in [0.2, 0.25) is 0 Å². The molecule has 5 heteroatoms. The summed E-state index contributed by atoms with van der Waals surface area (Å²) in [7, 11) is 1.57. The minimum absolute atomic E-state index is 0.0186. The molecule has 3 rings (SSSR count). The van der Waals surface area contributed by atoms with Gasteiger partial charge in [0.1, 0.15) is 29.7 Å². The van der Waals surface area contributed by atoms with E-state index in [1.165, 1.54) is 0 Å². The molecule has 25 heavy (non-hydrogen) atoms. The summed E-state index contributed by atoms with van der Waals surface area (Å²) in [6, 6.07) is 16.5. The minimum atomic E-state index is -0.465. The number of methoxy groups -OCH3 is 1. The Morgan fingerprint density at radius 3 is 2.72 bits per heavy atom. The van der Waals surface area contributed by atoms with Gasteiger partial charge in [-0.2, -0.15) is 5.26 Å². The van der Waals surface area contributed by atoms with E-state index >= 15 is 0 Å². The number of para-hydroxylation sites is 1. The molecule has 0 radical (unpaired) electrons. The van der Waals surface area contributed by atoms with Crippen LogP contribution in [0.4, 0.5) is 5.69 Å². The summed E-state index contributed by atoms with van der Waals surface area (Å²) in [5.41, 5.74) is 2.30. The molecule has 0 saturated heterocycles. The summed E-state index contributed by atoms with van der Waals surface area (Å²) in [6.07, 6.45) is 3.46. The van der Waals surface area contributed by atoms with Crippen molar-refractivity contribution in [2.45, 2.75) is 0 Å². The Bertz CT molecular complexity index is 890. The monoisotopic (exact) mass is 332 g/mol. The lowest BCUT2D eigenvalue weighted by Crippen LogP contribution is -2.15. The fourth-order valence-corrected chi connectivity index (χ4v) is 2.42. The third kappa shape index (κ3) is 3.88. The first-order valence-corrected chi connectivity index (χ1v) is 7.69. The molecule has 0 aromatic heterocycles. The number of fused-ring (bicyclic) bond motifs is 1. The van der Waals surface area contributed by atoms with Gasteiger partial charge in [-0.15, -0.1) is 0 Å². The Morgan fingerprint density at radius 1 is 1.24 bits per heavy atom. The molecule has 0 atom stereocenters. The highest BCUT2D eigenvalue weighted by Crippen LogP contribution is 2.26. The predicted octanol–water partition coefficient (Wildman–Crippen LogP) is 3.56. The topological polar surface area (TPSA) is 71.3 Å². The highest BCUT2D eigenvalue weighted by atomic mass is 16.5. The average Bonchev–Trinajstić information content (AvgIpc) is 2.66. The fourth-order valence-electron chi connectivity index (χ4n) is 2.42. The van der Waals surface area contributed by atoms with E-state index in [0.29, 0.717) is 18.0 Å². The van der Waals surface area contributed by atoms with Gasteiger partial charge in [0.05, 0.1) is 7.11 Å². The molecule has 0 spiro atoms. The zero-order chi connectivity index (χ0) is 17.6. The Hall–Kier alpha value is -3.52. The maximum absolute atomic E-state index is 12.3. The van der Waals surface area contributed by atoms with E-state index in [4.69, 9.17) is 9.47 Å². The second-order valence-corrected chi connectivity index (χ2v) is 5.40. The number of carbonyl (C=O) groups is 1. The van der Waals surface area contributed by atoms with Crippen molar-refractivity contribution in [1.82, 2.24) is 0 Å². The molecule has 2 aromatic rings. The molecule has 0 aliphatic carbocycles. The molecule has 0 unspecified atom stereocenters. The zero-order valence-corrected chi connectivity index (χ0v) is 13.7. The maximum atomic E-state index is 12.3. The van der Waals surface area contributed by atoms with Crippen molar-refractivity contribution in [3.8, 4) is 17.6 Å². The van der Waals surface area contributed by atoms with E-state index in [0.717, 1.165) is 16.9 Å². The van der Waals surface area contributed by atoms with Crippen molar-refractivity contribution < 1.29 is 14.3 Å². The highest BCUT2D eigenvalue weighted by Gasteiger charge is 2.14. The van der Waals surface area contributed by atoms with E-state index in [1.807, 2.05) is 36.4 Å². The first-order valence-electron chi connectivity index (χ1n) is 7.69. The second kappa shape index (κ2) is 7.37. The van der Waals surface area contributed by atoms with Crippen molar-refractivity contribution in [1.29, 1.82) is 5.26 Å². The van der Waals surface area contributed by atoms with Crippen molar-refractivity contribution in [3.63, 3.8) is 0 Å². The number of rotatable bonds is 4. The summed E-state index contributed by atoms with van der Waals surface area (Å²) < 4.78 is 10.7. The van der Waals surface area contributed by atoms with Gasteiger partial charge in [-0.25, -0.2) is 0 Å². The molecular weight excluding hydrogens is 316 g/mol. The summed E-state index contributed by atoms with van der Waals surface area (Å²) in [5.74, 6) is 1.02. The molecule has 0 saturated carbocycles. The zero-order valence-electron chi connectivity index (χ0n) is 13.7. The Labute approximate surface area is 145 Å². The molecule has 1 heterocycles. The number of ether oxygens (including phenoxy) is 2. The third-order valence-electron chi connectivity index (χ3n) is 3.70. The number of carbonyl (C=O) groups excluding carboxylic acids is 1. The van der Waals surface area contributed by atoms with Gasteiger partial charge in [0.2, 0.25) is 0 Å². The van der Waals surface area contributed by atoms with Crippen LogP contribution in [0.15, 0.2) is 65.8 Å². The Balaban J connectivity index is 1.77. The van der Waals surface area contributed by atoms with E-state index in [-0.39, 0.29) is 5.57 Å². The highest BCUT2D eigenvalue weighted by molar-refractivity contribution is 6.07. The number of nitrogens with one attached hydrogen (secondary N) is 1. The maximum Gasteiger partial charge on any atom is 0.266 e. The number of anilines is 1. The molecule has 1 N–H and O–H groups in total. The number of nitriles is 1. The molecular formula is C20H16N2O3. The number of benzene rings is 2. The number of amides is 1. The number of hydrogen-bond acceptors (Lipinski definition) is 4. The second-order valence-electron chi connectivity index (χ2n) is 5.40. The predicted molar refractivity (Wildman–Crippen MR) is 95.2 cm³/mol. The van der Waals surface area contributed by atoms with Crippen LogP contribution < -0.4 is 14.8 Å². The normalized spacial score (nSPS) is 13.0. The largest absolute Gasteiger partial charge is 0.497 e. The molecule has 1 aliphatic rings. The molecule has 2 aromatic carbocycles. The van der Waals surface area contributed by atoms with Gasteiger partial charge in [-0.1, -0.05) is 18.2 Å². The lowest BCUT2D eigenvalue weighted by molar-refractivity contribution is -0.112. The van der Waals surface area contributed by atoms with E-state index in [1.54, 1.807) is 37.5 Å². The van der Waals surface area contributed by atoms with Gasteiger partial charge in [-0.05, 0) is 48.1 Å². The van der Waals surface area contributed by atoms with Crippen LogP contribution in [0.3, 0.4) is 0 Å². The van der Waals surface area contributed by atoms with Crippen LogP contribution in [0.1, 0.15) is 5.56 Å². The lowest BCUT2D eigenvalue weighted by atomic mass is 10.1. The number of nitrogens with zero attached hydrogens (tertiary/aromatic N) is 1. The van der Waals surface area contributed by atoms with E-state index in [2.05, 4.69) is 5.32 Å². The molecule has 5 nitrogen and oxygen atoms in total. The van der Waals surface area contributed by atoms with Crippen LogP contribution in [0.5, 0.6) is 11.5 Å². The summed E-state index contributed by atoms with van der Waals surface area (Å²) in [5, 5.41) is 12.0. The summed E-state index contributed by atoms with van der Waals surface area (Å²) in [4.78, 5) is 12.3. The summed E-state index contributed by atoms with van der Waals surface area (Å²) >= 11 is 0. The van der Waals surface area contributed by atoms with E-state index in [9.17, 15) is 10.1 Å². The SMILES string of the molecule is COc1ccc(NC(=O)/C(C#N)=C\C2=Cc3ccccc3OC2)cc1. The number of hydrogen-bond donors (Lipinski definition) is 1. The minimum Gasteiger partial charge on any atom is -0.497 e. The Morgan fingerprint density at radius 2 is 2.00 bits per heavy atom. The van der Waals surface area contributed by atoms with Crippen LogP contribution in [0, 0.1) is 11.3 Å². The van der Waals surface area contributed by atoms with Crippen molar-refractivity contribution in [3.05, 3.63) is 71.3 Å². The van der Waals surface area contributed by atoms with Gasteiger partial charge in [-0.3, -0.25) is 4.79 Å². The van der Waals surface area contributed by atoms with E-state index < -0.39 is 5.91 Å². The molecule has 1 aliphatic heterocycles. The van der Waals surface area contributed by atoms with Gasteiger partial charge in [0.25, 0.3) is 5.91 Å². The first-order chi connectivity index (χ1) is 12.2. The first kappa shape index (κ1) is 16.3. The van der Waals surface area contributed by atoms with Gasteiger partial charge >= 0.3 is 0 Å². The van der Waals surface area contributed by atoms with Crippen molar-refractivity contribution >= 4 is 17.7 Å². The molecule has 1 amide bonds. The van der Waals surface area contributed by atoms with Crippen LogP contribution in [-0.2, 0) is 4.79 Å². The molecule has 124 valence electrons. The molecule has 0 bridgehead atoms. The van der Waals surface area contributed by atoms with Crippen LogP contribution in [0.25, 0.3) is 6.08 Å². The van der Waals surface area contributed by atoms with Crippen molar-refractivity contribution in [2.24, 2.45) is 0 Å².